The molecule has 1 nitrogen and oxygen atoms in total. The summed E-state index contributed by atoms with van der Waals surface area (Å²) in [5.74, 6) is 0. The molecule has 53 heavy (non-hydrogen) atoms. The summed E-state index contributed by atoms with van der Waals surface area (Å²) in [5.41, 5.74) is 5.79. The van der Waals surface area contributed by atoms with E-state index in [0.29, 0.717) is 0 Å². The zero-order chi connectivity index (χ0) is 34.9. The predicted octanol–water partition coefficient (Wildman–Crippen LogP) is 14.9. The van der Waals surface area contributed by atoms with Crippen molar-refractivity contribution in [2.24, 2.45) is 0 Å². The molecule has 0 amide bonds. The van der Waals surface area contributed by atoms with Crippen molar-refractivity contribution < 1.29 is 0 Å². The van der Waals surface area contributed by atoms with E-state index in [1.807, 2.05) is 0 Å². The molecule has 11 rings (SSSR count). The van der Waals surface area contributed by atoms with Crippen LogP contribution in [0.1, 0.15) is 0 Å². The van der Waals surface area contributed by atoms with Gasteiger partial charge in [0.25, 0.3) is 0 Å². The van der Waals surface area contributed by atoms with Gasteiger partial charge >= 0.3 is 0 Å². The molecule has 246 valence electrons. The number of hydrogen-bond donors (Lipinski definition) is 0. The van der Waals surface area contributed by atoms with Gasteiger partial charge < -0.3 is 4.90 Å². The smallest absolute Gasteiger partial charge is 0.0468 e. The molecule has 0 aliphatic carbocycles. The van der Waals surface area contributed by atoms with Crippen LogP contribution in [0.3, 0.4) is 0 Å². The Balaban J connectivity index is 1.09. The first-order valence-corrected chi connectivity index (χ1v) is 18.3. The third-order valence-corrected chi connectivity index (χ3v) is 11.2. The van der Waals surface area contributed by atoms with E-state index in [0.717, 1.165) is 17.1 Å². The maximum atomic E-state index is 2.41. The second-order valence-electron chi connectivity index (χ2n) is 14.1. The van der Waals surface area contributed by atoms with Crippen molar-refractivity contribution in [2.45, 2.75) is 0 Å². The van der Waals surface area contributed by atoms with Crippen LogP contribution in [0.15, 0.2) is 200 Å². The molecule has 0 atom stereocenters. The molecule has 0 saturated heterocycles. The van der Waals surface area contributed by atoms with Gasteiger partial charge in [-0.3, -0.25) is 0 Å². The van der Waals surface area contributed by atoms with Crippen molar-refractivity contribution in [3.63, 3.8) is 0 Å². The second kappa shape index (κ2) is 11.8. The first-order chi connectivity index (χ1) is 26.3. The summed E-state index contributed by atoms with van der Waals surface area (Å²) in [7, 11) is 0. The molecular weight excluding hydrogens is 639 g/mol. The van der Waals surface area contributed by atoms with E-state index in [1.54, 1.807) is 0 Å². The van der Waals surface area contributed by atoms with E-state index in [9.17, 15) is 0 Å². The van der Waals surface area contributed by atoms with E-state index in [-0.39, 0.29) is 0 Å². The Labute approximate surface area is 307 Å². The lowest BCUT2D eigenvalue weighted by atomic mass is 9.94. The molecule has 0 aromatic heterocycles. The molecule has 0 spiro atoms. The molecule has 11 aromatic rings. The molecule has 11 aromatic carbocycles. The molecule has 1 heteroatoms. The fourth-order valence-corrected chi connectivity index (χ4v) is 8.62. The van der Waals surface area contributed by atoms with Crippen LogP contribution in [-0.4, -0.2) is 0 Å². The monoisotopic (exact) mass is 671 g/mol. The fourth-order valence-electron chi connectivity index (χ4n) is 8.62. The zero-order valence-corrected chi connectivity index (χ0v) is 29.0. The Hall–Kier alpha value is -6.96. The zero-order valence-electron chi connectivity index (χ0n) is 29.0. The number of nitrogens with zero attached hydrogens (tertiary/aromatic N) is 1. The van der Waals surface area contributed by atoms with Crippen molar-refractivity contribution in [1.82, 2.24) is 0 Å². The number of benzene rings is 11. The van der Waals surface area contributed by atoms with Crippen molar-refractivity contribution in [3.8, 4) is 11.1 Å². The van der Waals surface area contributed by atoms with Crippen LogP contribution in [-0.2, 0) is 0 Å². The van der Waals surface area contributed by atoms with E-state index >= 15 is 0 Å². The van der Waals surface area contributed by atoms with Crippen LogP contribution < -0.4 is 4.90 Å². The largest absolute Gasteiger partial charge is 0.310 e. The SMILES string of the molecule is c1ccc2c(c1)ccc1cc(-c3ccc(N(c4ccc5c(ccc6ccccc65)c4)c4ccc5c6ccccc6c6ccccc6c5c4)cc3)ccc12. The van der Waals surface area contributed by atoms with Gasteiger partial charge in [0.2, 0.25) is 0 Å². The van der Waals surface area contributed by atoms with E-state index in [1.165, 1.54) is 86.5 Å². The number of hydrogen-bond acceptors (Lipinski definition) is 1. The first-order valence-electron chi connectivity index (χ1n) is 18.3. The van der Waals surface area contributed by atoms with E-state index < -0.39 is 0 Å². The summed E-state index contributed by atoms with van der Waals surface area (Å²) in [5, 5.41) is 17.8. The quantitative estimate of drug-likeness (QED) is 0.168. The van der Waals surface area contributed by atoms with Gasteiger partial charge in [0, 0.05) is 17.1 Å². The third-order valence-electron chi connectivity index (χ3n) is 11.2. The Morgan fingerprint density at radius 1 is 0.208 bits per heavy atom. The fraction of sp³-hybridized carbons (Fsp3) is 0. The highest BCUT2D eigenvalue weighted by molar-refractivity contribution is 6.26. The molecule has 0 radical (unpaired) electrons. The molecule has 0 aliphatic heterocycles. The lowest BCUT2D eigenvalue weighted by Gasteiger charge is -2.27. The number of anilines is 3. The molecule has 0 saturated carbocycles. The molecule has 0 unspecified atom stereocenters. The van der Waals surface area contributed by atoms with Crippen LogP contribution in [0.2, 0.25) is 0 Å². The average Bonchev–Trinajstić information content (AvgIpc) is 3.23. The first kappa shape index (κ1) is 29.7. The van der Waals surface area contributed by atoms with Crippen LogP contribution in [0.4, 0.5) is 17.1 Å². The molecule has 0 fully saturated rings. The Morgan fingerprint density at radius 2 is 0.585 bits per heavy atom. The Morgan fingerprint density at radius 3 is 1.19 bits per heavy atom. The summed E-state index contributed by atoms with van der Waals surface area (Å²) in [4.78, 5) is 2.41. The molecule has 0 heterocycles. The number of fused-ring (bicyclic) bond motifs is 12. The van der Waals surface area contributed by atoms with Gasteiger partial charge in [0.05, 0.1) is 0 Å². The maximum absolute atomic E-state index is 2.41. The summed E-state index contributed by atoms with van der Waals surface area (Å²) < 4.78 is 0. The van der Waals surface area contributed by atoms with E-state index in [2.05, 4.69) is 205 Å². The summed E-state index contributed by atoms with van der Waals surface area (Å²) in [6.07, 6.45) is 0. The van der Waals surface area contributed by atoms with Crippen LogP contribution in [0.5, 0.6) is 0 Å². The number of rotatable bonds is 4. The van der Waals surface area contributed by atoms with Gasteiger partial charge in [-0.15, -0.1) is 0 Å². The molecule has 0 N–H and O–H groups in total. The van der Waals surface area contributed by atoms with Crippen LogP contribution >= 0.6 is 0 Å². The highest BCUT2D eigenvalue weighted by atomic mass is 15.1. The second-order valence-corrected chi connectivity index (χ2v) is 14.1. The lowest BCUT2D eigenvalue weighted by molar-refractivity contribution is 1.30. The lowest BCUT2D eigenvalue weighted by Crippen LogP contribution is -2.10. The highest BCUT2D eigenvalue weighted by Crippen LogP contribution is 2.42. The Bertz CT molecular complexity index is 3190. The van der Waals surface area contributed by atoms with Crippen molar-refractivity contribution in [2.75, 3.05) is 4.90 Å². The minimum absolute atomic E-state index is 1.12. The minimum Gasteiger partial charge on any atom is -0.310 e. The average molecular weight is 672 g/mol. The van der Waals surface area contributed by atoms with Gasteiger partial charge in [-0.1, -0.05) is 158 Å². The highest BCUT2D eigenvalue weighted by Gasteiger charge is 2.17. The van der Waals surface area contributed by atoms with Crippen molar-refractivity contribution >= 4 is 92.5 Å². The van der Waals surface area contributed by atoms with Crippen molar-refractivity contribution in [3.05, 3.63) is 200 Å². The topological polar surface area (TPSA) is 3.24 Å². The van der Waals surface area contributed by atoms with Gasteiger partial charge in [-0.05, 0) is 129 Å². The normalized spacial score (nSPS) is 11.8. The van der Waals surface area contributed by atoms with Gasteiger partial charge in [0.15, 0.2) is 0 Å². The van der Waals surface area contributed by atoms with Gasteiger partial charge in [0.1, 0.15) is 0 Å². The van der Waals surface area contributed by atoms with E-state index in [4.69, 9.17) is 0 Å². The molecule has 0 aliphatic rings. The Kier molecular flexibility index (Phi) is 6.62. The van der Waals surface area contributed by atoms with Gasteiger partial charge in [-0.2, -0.15) is 0 Å². The summed E-state index contributed by atoms with van der Waals surface area (Å²) in [6, 6.07) is 73.7. The predicted molar refractivity (Wildman–Crippen MR) is 229 cm³/mol. The van der Waals surface area contributed by atoms with Gasteiger partial charge in [-0.25, -0.2) is 0 Å². The summed E-state index contributed by atoms with van der Waals surface area (Å²) >= 11 is 0. The van der Waals surface area contributed by atoms with Crippen LogP contribution in [0.25, 0.3) is 86.5 Å². The van der Waals surface area contributed by atoms with Crippen molar-refractivity contribution in [1.29, 1.82) is 0 Å². The molecular formula is C52H33N. The maximum Gasteiger partial charge on any atom is 0.0468 e. The van der Waals surface area contributed by atoms with Crippen LogP contribution in [0, 0.1) is 0 Å². The standard InChI is InChI=1S/C52H33N/c1-3-11-43-35(9-1)17-19-38-31-37(23-28-45(38)43)34-21-24-40(25-22-34)53(41-26-29-46-39(32-41)20-18-36-10-2-4-12-44(36)46)42-27-30-51-49-15-6-5-13-47(49)48-14-7-8-16-50(48)52(51)33-42/h1-33H. The molecule has 0 bridgehead atoms. The third kappa shape index (κ3) is 4.79. The minimum atomic E-state index is 1.12. The summed E-state index contributed by atoms with van der Waals surface area (Å²) in [6.45, 7) is 0.